The highest BCUT2D eigenvalue weighted by atomic mass is 32.2. The Labute approximate surface area is 417 Å². The number of hydrogen-bond acceptors (Lipinski definition) is 13. The summed E-state index contributed by atoms with van der Waals surface area (Å²) in [7, 11) is -6.11. The number of aliphatic hydroxyl groups is 1. The second-order valence-corrected chi connectivity index (χ2v) is 18.8. The molecule has 72 heavy (non-hydrogen) atoms. The number of alkyl halides is 3. The average molecular weight is 1020 g/mol. The predicted octanol–water partition coefficient (Wildman–Crippen LogP) is 8.82. The maximum atomic E-state index is 13.8. The van der Waals surface area contributed by atoms with Gasteiger partial charge in [-0.25, -0.2) is 0 Å². The van der Waals surface area contributed by atoms with Crippen molar-refractivity contribution in [1.82, 2.24) is 0 Å². The van der Waals surface area contributed by atoms with Crippen molar-refractivity contribution in [2.45, 2.75) is 107 Å². The van der Waals surface area contributed by atoms with E-state index in [2.05, 4.69) is 4.18 Å². The summed E-state index contributed by atoms with van der Waals surface area (Å²) in [6.45, 7) is -1.35. The van der Waals surface area contributed by atoms with E-state index in [0.29, 0.717) is 5.56 Å². The molecule has 10 atom stereocenters. The van der Waals surface area contributed by atoms with Crippen molar-refractivity contribution in [2.75, 3.05) is 13.2 Å². The lowest BCUT2D eigenvalue weighted by atomic mass is 9.97. The first kappa shape index (κ1) is 52.9. The standard InChI is InChI=1S/C55H57F3O13S/c56-55(57,58)72(60,61)69-38-46-48(63-32-40-21-9-2-10-22-40)50(65-34-42-25-13-4-14-26-42)52(67-36-44-29-17-6-18-30-44)54(71-46)68-37-45-47(62-31-39-19-7-1-8-20-39)49(64-33-41-23-11-3-12-24-41)51(53(59)70-45)66-35-43-27-15-5-16-28-43/h1-30,45-54,59H,31-38H2/t45-,46-,47-,48-,49+,50+,51-,52-,53+,54-/m1/s1. The monoisotopic (exact) mass is 1010 g/mol. The SMILES string of the molecule is O=S(=O)(OC[C@H]1O[C@@H](OC[C@H]2O[C@H](O)[C@H](OCc3ccccc3)[C@@H](OCc3ccccc3)[C@@H]2OCc2ccccc2)[C@H](OCc2ccccc2)[C@@H](OCc2ccccc2)[C@@H]1OCc1ccccc1)C(F)(F)F. The maximum Gasteiger partial charge on any atom is 0.523 e. The molecule has 0 aromatic heterocycles. The van der Waals surface area contributed by atoms with E-state index >= 15 is 0 Å². The number of halogens is 3. The van der Waals surface area contributed by atoms with Crippen molar-refractivity contribution >= 4 is 10.1 Å². The fraction of sp³-hybridized carbons (Fsp3) is 0.345. The molecule has 0 saturated carbocycles. The molecule has 2 saturated heterocycles. The number of ether oxygens (including phenoxy) is 9. The van der Waals surface area contributed by atoms with Gasteiger partial charge in [0.05, 0.1) is 52.9 Å². The lowest BCUT2D eigenvalue weighted by molar-refractivity contribution is -0.348. The van der Waals surface area contributed by atoms with E-state index in [1.54, 1.807) is 24.3 Å². The molecule has 0 radical (unpaired) electrons. The molecule has 13 nitrogen and oxygen atoms in total. The summed E-state index contributed by atoms with van der Waals surface area (Å²) >= 11 is 0. The van der Waals surface area contributed by atoms with Crippen molar-refractivity contribution in [3.63, 3.8) is 0 Å². The molecule has 0 unspecified atom stereocenters. The zero-order chi connectivity index (χ0) is 50.2. The van der Waals surface area contributed by atoms with Gasteiger partial charge in [-0.1, -0.05) is 182 Å². The molecule has 1 N–H and O–H groups in total. The van der Waals surface area contributed by atoms with E-state index in [-0.39, 0.29) is 39.6 Å². The summed E-state index contributed by atoms with van der Waals surface area (Å²) in [6, 6.07) is 55.6. The number of benzene rings is 6. The summed E-state index contributed by atoms with van der Waals surface area (Å²) in [5.41, 5.74) is -1.03. The van der Waals surface area contributed by atoms with Crippen LogP contribution in [0.4, 0.5) is 13.2 Å². The molecule has 0 spiro atoms. The third kappa shape index (κ3) is 14.9. The smallest absolute Gasteiger partial charge is 0.368 e. The van der Waals surface area contributed by atoms with Crippen LogP contribution in [0.25, 0.3) is 0 Å². The van der Waals surface area contributed by atoms with E-state index in [1.807, 2.05) is 158 Å². The van der Waals surface area contributed by atoms with Crippen LogP contribution in [0.15, 0.2) is 182 Å². The van der Waals surface area contributed by atoms with Crippen LogP contribution >= 0.6 is 0 Å². The van der Waals surface area contributed by atoms with Crippen LogP contribution < -0.4 is 0 Å². The minimum atomic E-state index is -6.11. The van der Waals surface area contributed by atoms with Crippen LogP contribution in [0.3, 0.4) is 0 Å². The molecule has 0 bridgehead atoms. The number of hydrogen-bond donors (Lipinski definition) is 1. The van der Waals surface area contributed by atoms with Gasteiger partial charge >= 0.3 is 15.6 Å². The van der Waals surface area contributed by atoms with E-state index < -0.39 is 90.3 Å². The first-order valence-electron chi connectivity index (χ1n) is 23.5. The normalized spacial score (nSPS) is 24.7. The molecule has 2 aliphatic rings. The second kappa shape index (κ2) is 26.0. The van der Waals surface area contributed by atoms with Crippen LogP contribution in [0.1, 0.15) is 33.4 Å². The predicted molar refractivity (Wildman–Crippen MR) is 257 cm³/mol. The van der Waals surface area contributed by atoms with Crippen molar-refractivity contribution in [1.29, 1.82) is 0 Å². The van der Waals surface area contributed by atoms with Gasteiger partial charge in [0.25, 0.3) is 0 Å². The molecule has 0 aliphatic carbocycles. The molecule has 2 aliphatic heterocycles. The topological polar surface area (TPSA) is 147 Å². The molecule has 2 heterocycles. The first-order chi connectivity index (χ1) is 35.0. The van der Waals surface area contributed by atoms with Gasteiger partial charge in [0.1, 0.15) is 48.8 Å². The van der Waals surface area contributed by atoms with Gasteiger partial charge in [0, 0.05) is 0 Å². The Hall–Kier alpha value is -5.38. The molecule has 8 rings (SSSR count). The Morgan fingerprint density at radius 2 is 0.681 bits per heavy atom. The lowest BCUT2D eigenvalue weighted by Gasteiger charge is -2.47. The Morgan fingerprint density at radius 3 is 1.03 bits per heavy atom. The molecular formula is C55H57F3O13S. The van der Waals surface area contributed by atoms with E-state index in [9.17, 15) is 26.7 Å². The average Bonchev–Trinajstić information content (AvgIpc) is 3.40. The van der Waals surface area contributed by atoms with Crippen molar-refractivity contribution in [3.05, 3.63) is 215 Å². The van der Waals surface area contributed by atoms with Crippen molar-refractivity contribution < 1.29 is 73.5 Å². The lowest BCUT2D eigenvalue weighted by Crippen LogP contribution is -2.63. The van der Waals surface area contributed by atoms with Crippen LogP contribution in [0.2, 0.25) is 0 Å². The number of rotatable bonds is 24. The summed E-state index contributed by atoms with van der Waals surface area (Å²) in [5.74, 6) is 0. The van der Waals surface area contributed by atoms with Crippen molar-refractivity contribution in [2.24, 2.45) is 0 Å². The minimum absolute atomic E-state index is 0.00770. The van der Waals surface area contributed by atoms with Crippen LogP contribution in [0, 0.1) is 0 Å². The molecule has 382 valence electrons. The summed E-state index contributed by atoms with van der Waals surface area (Å²) in [6.07, 6.45) is -12.5. The van der Waals surface area contributed by atoms with Crippen LogP contribution in [-0.4, -0.2) is 93.7 Å². The molecular weight excluding hydrogens is 958 g/mol. The Balaban J connectivity index is 1.14. The van der Waals surface area contributed by atoms with Gasteiger partial charge < -0.3 is 47.7 Å². The highest BCUT2D eigenvalue weighted by molar-refractivity contribution is 7.87. The third-order valence-electron chi connectivity index (χ3n) is 12.0. The van der Waals surface area contributed by atoms with E-state index in [4.69, 9.17) is 42.6 Å². The largest absolute Gasteiger partial charge is 0.523 e. The Morgan fingerprint density at radius 1 is 0.389 bits per heavy atom. The van der Waals surface area contributed by atoms with Gasteiger partial charge in [-0.05, 0) is 33.4 Å². The molecule has 2 fully saturated rings. The fourth-order valence-electron chi connectivity index (χ4n) is 8.33. The molecule has 0 amide bonds. The van der Waals surface area contributed by atoms with Gasteiger partial charge in [0.2, 0.25) is 0 Å². The summed E-state index contributed by atoms with van der Waals surface area (Å²) < 4.78 is 130. The Bertz CT molecular complexity index is 2590. The molecule has 6 aromatic carbocycles. The van der Waals surface area contributed by atoms with Gasteiger partial charge in [-0.2, -0.15) is 21.6 Å². The van der Waals surface area contributed by atoms with E-state index in [1.165, 1.54) is 0 Å². The molecule has 6 aromatic rings. The summed E-state index contributed by atoms with van der Waals surface area (Å²) in [5, 5.41) is 11.9. The highest BCUT2D eigenvalue weighted by Gasteiger charge is 2.54. The fourth-order valence-corrected chi connectivity index (χ4v) is 8.77. The molecule has 17 heteroatoms. The zero-order valence-electron chi connectivity index (χ0n) is 39.1. The minimum Gasteiger partial charge on any atom is -0.368 e. The quantitative estimate of drug-likeness (QED) is 0.0456. The number of aliphatic hydroxyl groups excluding tert-OH is 1. The highest BCUT2D eigenvalue weighted by Crippen LogP contribution is 2.35. The third-order valence-corrected chi connectivity index (χ3v) is 13.0. The van der Waals surface area contributed by atoms with Crippen molar-refractivity contribution in [3.8, 4) is 0 Å². The van der Waals surface area contributed by atoms with Crippen LogP contribution in [-0.2, 0) is 96.6 Å². The van der Waals surface area contributed by atoms with Crippen LogP contribution in [0.5, 0.6) is 0 Å². The van der Waals surface area contributed by atoms with Gasteiger partial charge in [-0.3, -0.25) is 4.18 Å². The first-order valence-corrected chi connectivity index (χ1v) is 24.9. The second-order valence-electron chi connectivity index (χ2n) is 17.2. The van der Waals surface area contributed by atoms with Gasteiger partial charge in [0.15, 0.2) is 12.6 Å². The van der Waals surface area contributed by atoms with E-state index in [0.717, 1.165) is 27.8 Å². The Kier molecular flexibility index (Phi) is 19.1. The maximum absolute atomic E-state index is 13.8. The van der Waals surface area contributed by atoms with Gasteiger partial charge in [-0.15, -0.1) is 0 Å². The summed E-state index contributed by atoms with van der Waals surface area (Å²) in [4.78, 5) is 0. The zero-order valence-corrected chi connectivity index (χ0v) is 40.0.